The number of likely N-dealkylation sites (tertiary alicyclic amines) is 1. The first-order valence-electron chi connectivity index (χ1n) is 9.61. The second kappa shape index (κ2) is 9.17. The number of hydrogen-bond acceptors (Lipinski definition) is 3. The van der Waals surface area contributed by atoms with E-state index < -0.39 is 0 Å². The number of nitrogens with one attached hydrogen (secondary N) is 1. The molecule has 1 aromatic rings. The van der Waals surface area contributed by atoms with Crippen molar-refractivity contribution in [3.8, 4) is 0 Å². The van der Waals surface area contributed by atoms with Crippen LogP contribution in [-0.2, 0) is 16.0 Å². The van der Waals surface area contributed by atoms with Gasteiger partial charge in [-0.15, -0.1) is 0 Å². The van der Waals surface area contributed by atoms with Gasteiger partial charge in [0.25, 0.3) is 0 Å². The van der Waals surface area contributed by atoms with E-state index in [1.807, 2.05) is 11.8 Å². The molecule has 2 atom stereocenters. The molecule has 0 aliphatic carbocycles. The lowest BCUT2D eigenvalue weighted by Gasteiger charge is -2.26. The van der Waals surface area contributed by atoms with Crippen molar-refractivity contribution in [2.45, 2.75) is 52.1 Å². The van der Waals surface area contributed by atoms with Gasteiger partial charge in [0.1, 0.15) is 0 Å². The molecule has 5 heteroatoms. The van der Waals surface area contributed by atoms with E-state index in [1.54, 1.807) is 19.0 Å². The van der Waals surface area contributed by atoms with Crippen LogP contribution in [0.5, 0.6) is 0 Å². The molecule has 0 bridgehead atoms. The number of rotatable bonds is 7. The van der Waals surface area contributed by atoms with E-state index in [1.165, 1.54) is 5.56 Å². The van der Waals surface area contributed by atoms with Crippen LogP contribution >= 0.6 is 0 Å². The van der Waals surface area contributed by atoms with Crippen molar-refractivity contribution < 1.29 is 9.59 Å². The minimum atomic E-state index is -0.165. The van der Waals surface area contributed by atoms with Gasteiger partial charge >= 0.3 is 0 Å². The molecule has 26 heavy (non-hydrogen) atoms. The fraction of sp³-hybridized carbons (Fsp3) is 0.619. The van der Waals surface area contributed by atoms with Crippen molar-refractivity contribution >= 4 is 11.8 Å². The Bertz CT molecular complexity index is 610. The van der Waals surface area contributed by atoms with Crippen LogP contribution in [0.15, 0.2) is 24.3 Å². The summed E-state index contributed by atoms with van der Waals surface area (Å²) in [6, 6.07) is 8.27. The van der Waals surface area contributed by atoms with Crippen molar-refractivity contribution in [1.82, 2.24) is 15.1 Å². The van der Waals surface area contributed by atoms with Crippen LogP contribution in [0.3, 0.4) is 0 Å². The topological polar surface area (TPSA) is 52.7 Å². The monoisotopic (exact) mass is 359 g/mol. The van der Waals surface area contributed by atoms with E-state index >= 15 is 0 Å². The molecule has 1 heterocycles. The summed E-state index contributed by atoms with van der Waals surface area (Å²) < 4.78 is 0. The van der Waals surface area contributed by atoms with Gasteiger partial charge in [0.2, 0.25) is 11.8 Å². The standard InChI is InChI=1S/C21H33N3O2/c1-15(2)13-17-8-10-18(11-9-17)16(3)22-20(25)14-24-12-6-7-19(24)21(26)23(4)5/h8-11,15-16,19H,6-7,12-14H2,1-5H3,(H,22,25). The molecule has 0 radical (unpaired) electrons. The van der Waals surface area contributed by atoms with Gasteiger partial charge < -0.3 is 10.2 Å². The molecular formula is C21H33N3O2. The lowest BCUT2D eigenvalue weighted by molar-refractivity contribution is -0.134. The largest absolute Gasteiger partial charge is 0.348 e. The fourth-order valence-corrected chi connectivity index (χ4v) is 3.56. The third-order valence-electron chi connectivity index (χ3n) is 4.94. The van der Waals surface area contributed by atoms with E-state index in [2.05, 4.69) is 43.4 Å². The zero-order valence-electron chi connectivity index (χ0n) is 16.8. The van der Waals surface area contributed by atoms with Gasteiger partial charge in [0.05, 0.1) is 18.6 Å². The van der Waals surface area contributed by atoms with Gasteiger partial charge in [0.15, 0.2) is 0 Å². The van der Waals surface area contributed by atoms with Crippen LogP contribution in [0, 0.1) is 5.92 Å². The highest BCUT2D eigenvalue weighted by Gasteiger charge is 2.32. The summed E-state index contributed by atoms with van der Waals surface area (Å²) in [5, 5.41) is 3.07. The first-order valence-corrected chi connectivity index (χ1v) is 9.61. The molecule has 1 fully saturated rings. The van der Waals surface area contributed by atoms with Crippen LogP contribution in [-0.4, -0.2) is 54.8 Å². The van der Waals surface area contributed by atoms with Gasteiger partial charge in [0, 0.05) is 14.1 Å². The minimum absolute atomic E-state index is 0.0257. The van der Waals surface area contributed by atoms with Crippen molar-refractivity contribution in [3.63, 3.8) is 0 Å². The van der Waals surface area contributed by atoms with Crippen molar-refractivity contribution in [2.75, 3.05) is 27.2 Å². The van der Waals surface area contributed by atoms with Crippen LogP contribution in [0.1, 0.15) is 50.8 Å². The Morgan fingerprint density at radius 2 is 1.85 bits per heavy atom. The second-order valence-electron chi connectivity index (χ2n) is 7.99. The number of nitrogens with zero attached hydrogens (tertiary/aromatic N) is 2. The summed E-state index contributed by atoms with van der Waals surface area (Å²) in [5.41, 5.74) is 2.43. The molecule has 1 N–H and O–H groups in total. The molecule has 2 rings (SSSR count). The number of carbonyl (C=O) groups excluding carboxylic acids is 2. The quantitative estimate of drug-likeness (QED) is 0.814. The zero-order valence-corrected chi connectivity index (χ0v) is 16.8. The highest BCUT2D eigenvalue weighted by atomic mass is 16.2. The van der Waals surface area contributed by atoms with Crippen LogP contribution in [0.2, 0.25) is 0 Å². The Labute approximate surface area is 157 Å². The molecule has 2 amide bonds. The molecule has 144 valence electrons. The predicted molar refractivity (Wildman–Crippen MR) is 105 cm³/mol. The zero-order chi connectivity index (χ0) is 19.3. The summed E-state index contributed by atoms with van der Waals surface area (Å²) in [5.74, 6) is 0.697. The van der Waals surface area contributed by atoms with Gasteiger partial charge in [-0.3, -0.25) is 14.5 Å². The Morgan fingerprint density at radius 3 is 2.42 bits per heavy atom. The molecule has 1 aliphatic rings. The van der Waals surface area contributed by atoms with E-state index in [9.17, 15) is 9.59 Å². The molecule has 0 spiro atoms. The fourth-order valence-electron chi connectivity index (χ4n) is 3.56. The normalized spacial score (nSPS) is 18.8. The lowest BCUT2D eigenvalue weighted by atomic mass is 10.00. The molecule has 0 saturated carbocycles. The average molecular weight is 360 g/mol. The van der Waals surface area contributed by atoms with Crippen molar-refractivity contribution in [2.24, 2.45) is 5.92 Å². The Morgan fingerprint density at radius 1 is 1.19 bits per heavy atom. The number of amides is 2. The number of likely N-dealkylation sites (N-methyl/N-ethyl adjacent to an activating group) is 1. The maximum absolute atomic E-state index is 12.5. The SMILES string of the molecule is CC(C)Cc1ccc(C(C)NC(=O)CN2CCCC2C(=O)N(C)C)cc1. The van der Waals surface area contributed by atoms with Gasteiger partial charge in [-0.2, -0.15) is 0 Å². The Hall–Kier alpha value is -1.88. The summed E-state index contributed by atoms with van der Waals surface area (Å²) >= 11 is 0. The highest BCUT2D eigenvalue weighted by molar-refractivity contribution is 5.83. The van der Waals surface area contributed by atoms with Crippen LogP contribution in [0.25, 0.3) is 0 Å². The van der Waals surface area contributed by atoms with Gasteiger partial charge in [-0.05, 0) is 49.8 Å². The number of hydrogen-bond donors (Lipinski definition) is 1. The van der Waals surface area contributed by atoms with E-state index in [4.69, 9.17) is 0 Å². The highest BCUT2D eigenvalue weighted by Crippen LogP contribution is 2.19. The number of carbonyl (C=O) groups is 2. The summed E-state index contributed by atoms with van der Waals surface area (Å²) in [7, 11) is 3.54. The molecule has 1 aliphatic heterocycles. The third kappa shape index (κ3) is 5.56. The molecule has 1 aromatic carbocycles. The molecular weight excluding hydrogens is 326 g/mol. The summed E-state index contributed by atoms with van der Waals surface area (Å²) in [6.07, 6.45) is 2.86. The lowest BCUT2D eigenvalue weighted by Crippen LogP contribution is -2.46. The van der Waals surface area contributed by atoms with Crippen LogP contribution < -0.4 is 5.32 Å². The van der Waals surface area contributed by atoms with Crippen LogP contribution in [0.4, 0.5) is 0 Å². The Kier molecular flexibility index (Phi) is 7.21. The molecule has 2 unspecified atom stereocenters. The first kappa shape index (κ1) is 20.4. The minimum Gasteiger partial charge on any atom is -0.348 e. The maximum atomic E-state index is 12.5. The van der Waals surface area contributed by atoms with E-state index in [0.29, 0.717) is 5.92 Å². The van der Waals surface area contributed by atoms with Gasteiger partial charge in [-0.25, -0.2) is 0 Å². The predicted octanol–water partition coefficient (Wildman–Crippen LogP) is 2.61. The second-order valence-corrected chi connectivity index (χ2v) is 7.99. The van der Waals surface area contributed by atoms with Crippen molar-refractivity contribution in [1.29, 1.82) is 0 Å². The van der Waals surface area contributed by atoms with E-state index in [0.717, 1.165) is 31.4 Å². The first-order chi connectivity index (χ1) is 12.3. The average Bonchev–Trinajstić information content (AvgIpc) is 3.01. The number of benzene rings is 1. The third-order valence-corrected chi connectivity index (χ3v) is 4.94. The van der Waals surface area contributed by atoms with Gasteiger partial charge in [-0.1, -0.05) is 38.1 Å². The van der Waals surface area contributed by atoms with Crippen molar-refractivity contribution in [3.05, 3.63) is 35.4 Å². The maximum Gasteiger partial charge on any atom is 0.239 e. The molecule has 0 aromatic heterocycles. The smallest absolute Gasteiger partial charge is 0.239 e. The van der Waals surface area contributed by atoms with E-state index in [-0.39, 0.29) is 30.4 Å². The molecule has 1 saturated heterocycles. The summed E-state index contributed by atoms with van der Waals surface area (Å²) in [4.78, 5) is 28.3. The Balaban J connectivity index is 1.89. The molecule has 5 nitrogen and oxygen atoms in total. The summed E-state index contributed by atoms with van der Waals surface area (Å²) in [6.45, 7) is 7.50.